The van der Waals surface area contributed by atoms with E-state index in [1.807, 2.05) is 13.2 Å². The van der Waals surface area contributed by atoms with Gasteiger partial charge in [-0.3, -0.25) is 0 Å². The Balaban J connectivity index is 0.000000327. The number of fused-ring (bicyclic) bond motifs is 7. The Kier molecular flexibility index (Phi) is 8.62. The molecule has 1 heterocycles. The second-order valence-corrected chi connectivity index (χ2v) is 8.32. The van der Waals surface area contributed by atoms with E-state index in [2.05, 4.69) is 54.7 Å². The molecule has 0 radical (unpaired) electrons. The highest BCUT2D eigenvalue weighted by Crippen LogP contribution is 2.60. The van der Waals surface area contributed by atoms with Gasteiger partial charge in [-0.05, 0) is 87.7 Å². The molecule has 4 rings (SSSR count). The molecule has 3 aliphatic rings. The lowest BCUT2D eigenvalue weighted by atomic mass is 9.71. The van der Waals surface area contributed by atoms with Gasteiger partial charge in [0, 0.05) is 30.3 Å². The highest BCUT2D eigenvalue weighted by atomic mass is 32.2. The van der Waals surface area contributed by atoms with Gasteiger partial charge in [-0.15, -0.1) is 0 Å². The number of thiol groups is 1. The normalized spacial score (nSPS) is 26.1. The van der Waals surface area contributed by atoms with Gasteiger partial charge in [0.1, 0.15) is 0 Å². The van der Waals surface area contributed by atoms with E-state index in [9.17, 15) is 0 Å². The lowest BCUT2D eigenvalue weighted by Crippen LogP contribution is -2.33. The minimum absolute atomic E-state index is 0.685. The molecule has 1 aromatic rings. The van der Waals surface area contributed by atoms with Gasteiger partial charge < -0.3 is 15.4 Å². The number of allylic oxidation sites excluding steroid dienone is 2. The van der Waals surface area contributed by atoms with Crippen molar-refractivity contribution in [3.05, 3.63) is 34.9 Å². The molecular weight excluding hydrogens is 370 g/mol. The Bertz CT molecular complexity index is 668. The SMILES string of the molecule is CC=C(C)C.CS.CSNc1ccc2c(c1C=N)C1C3CCC(C3)C1CN2. The van der Waals surface area contributed by atoms with Crippen molar-refractivity contribution in [3.63, 3.8) is 0 Å². The van der Waals surface area contributed by atoms with Crippen LogP contribution in [0.1, 0.15) is 57.1 Å². The topological polar surface area (TPSA) is 47.9 Å². The van der Waals surface area contributed by atoms with Crippen LogP contribution in [-0.4, -0.2) is 25.3 Å². The Labute approximate surface area is 175 Å². The van der Waals surface area contributed by atoms with Gasteiger partial charge in [-0.25, -0.2) is 0 Å². The first-order valence-electron chi connectivity index (χ1n) is 9.85. The van der Waals surface area contributed by atoms with E-state index in [1.54, 1.807) is 24.4 Å². The third kappa shape index (κ3) is 4.68. The van der Waals surface area contributed by atoms with E-state index in [4.69, 9.17) is 5.41 Å². The molecule has 1 aromatic carbocycles. The van der Waals surface area contributed by atoms with Gasteiger partial charge in [0.2, 0.25) is 0 Å². The average Bonchev–Trinajstić information content (AvgIpc) is 3.32. The highest BCUT2D eigenvalue weighted by Gasteiger charge is 2.50. The molecule has 2 saturated carbocycles. The van der Waals surface area contributed by atoms with E-state index < -0.39 is 0 Å². The Morgan fingerprint density at radius 3 is 2.52 bits per heavy atom. The Morgan fingerprint density at radius 2 is 1.93 bits per heavy atom. The fourth-order valence-corrected chi connectivity index (χ4v) is 5.28. The summed E-state index contributed by atoms with van der Waals surface area (Å²) in [5.41, 5.74) is 6.26. The van der Waals surface area contributed by atoms with E-state index in [0.29, 0.717) is 5.92 Å². The molecule has 0 aromatic heterocycles. The summed E-state index contributed by atoms with van der Waals surface area (Å²) in [4.78, 5) is 0. The quantitative estimate of drug-likeness (QED) is 0.202. The molecule has 0 amide bonds. The van der Waals surface area contributed by atoms with Crippen LogP contribution in [0.5, 0.6) is 0 Å². The van der Waals surface area contributed by atoms with Crippen molar-refractivity contribution in [3.8, 4) is 0 Å². The predicted molar refractivity (Wildman–Crippen MR) is 127 cm³/mol. The zero-order valence-corrected chi connectivity index (χ0v) is 19.0. The van der Waals surface area contributed by atoms with Crippen LogP contribution in [0.4, 0.5) is 11.4 Å². The molecular formula is C22H35N3S2. The zero-order valence-electron chi connectivity index (χ0n) is 17.3. The number of anilines is 2. The van der Waals surface area contributed by atoms with Gasteiger partial charge in [-0.1, -0.05) is 23.6 Å². The maximum Gasteiger partial charge on any atom is 0.0532 e. The van der Waals surface area contributed by atoms with Crippen LogP contribution in [0.2, 0.25) is 0 Å². The molecule has 2 bridgehead atoms. The molecule has 0 spiro atoms. The Hall–Kier alpha value is -1.07. The summed E-state index contributed by atoms with van der Waals surface area (Å²) in [6.07, 6.45) is 11.6. The number of hydrogen-bond donors (Lipinski definition) is 4. The van der Waals surface area contributed by atoms with Gasteiger partial charge in [0.25, 0.3) is 0 Å². The Morgan fingerprint density at radius 1 is 1.26 bits per heavy atom. The lowest BCUT2D eigenvalue weighted by Gasteiger charge is -2.38. The van der Waals surface area contributed by atoms with Crippen molar-refractivity contribution >= 4 is 42.2 Å². The van der Waals surface area contributed by atoms with E-state index in [-0.39, 0.29) is 0 Å². The molecule has 27 heavy (non-hydrogen) atoms. The van der Waals surface area contributed by atoms with Crippen molar-refractivity contribution in [2.75, 3.05) is 29.1 Å². The molecule has 2 aliphatic carbocycles. The number of hydrogen-bond acceptors (Lipinski definition) is 5. The maximum atomic E-state index is 7.89. The van der Waals surface area contributed by atoms with Crippen molar-refractivity contribution in [2.24, 2.45) is 17.8 Å². The first-order chi connectivity index (χ1) is 13.1. The van der Waals surface area contributed by atoms with Crippen molar-refractivity contribution in [1.82, 2.24) is 0 Å². The van der Waals surface area contributed by atoms with Crippen molar-refractivity contribution < 1.29 is 0 Å². The van der Waals surface area contributed by atoms with Crippen LogP contribution in [0.3, 0.4) is 0 Å². The first kappa shape index (κ1) is 22.2. The third-order valence-electron chi connectivity index (χ3n) is 6.17. The summed E-state index contributed by atoms with van der Waals surface area (Å²) in [6, 6.07) is 4.30. The van der Waals surface area contributed by atoms with Crippen LogP contribution in [0, 0.1) is 23.2 Å². The number of rotatable bonds is 3. The minimum Gasteiger partial charge on any atom is -0.384 e. The summed E-state index contributed by atoms with van der Waals surface area (Å²) < 4.78 is 3.34. The monoisotopic (exact) mass is 405 g/mol. The maximum absolute atomic E-state index is 7.89. The van der Waals surface area contributed by atoms with Crippen LogP contribution < -0.4 is 10.0 Å². The number of nitrogens with one attached hydrogen (secondary N) is 3. The summed E-state index contributed by atoms with van der Waals surface area (Å²) in [5.74, 6) is 3.25. The fraction of sp³-hybridized carbons (Fsp3) is 0.591. The summed E-state index contributed by atoms with van der Waals surface area (Å²) in [7, 11) is 0. The second-order valence-electron chi connectivity index (χ2n) is 7.71. The average molecular weight is 406 g/mol. The molecule has 150 valence electrons. The van der Waals surface area contributed by atoms with Gasteiger partial charge in [-0.2, -0.15) is 12.6 Å². The van der Waals surface area contributed by atoms with Crippen molar-refractivity contribution in [1.29, 1.82) is 5.41 Å². The van der Waals surface area contributed by atoms with Crippen molar-refractivity contribution in [2.45, 2.75) is 46.0 Å². The number of benzene rings is 1. The smallest absolute Gasteiger partial charge is 0.0532 e. The molecule has 4 unspecified atom stereocenters. The first-order valence-corrected chi connectivity index (χ1v) is 12.0. The van der Waals surface area contributed by atoms with Gasteiger partial charge in [0.05, 0.1) is 5.69 Å². The molecule has 2 fully saturated rings. The van der Waals surface area contributed by atoms with E-state index >= 15 is 0 Å². The molecule has 1 aliphatic heterocycles. The van der Waals surface area contributed by atoms with E-state index in [0.717, 1.165) is 35.5 Å². The summed E-state index contributed by atoms with van der Waals surface area (Å²) in [5, 5.41) is 11.5. The molecule has 5 heteroatoms. The van der Waals surface area contributed by atoms with E-state index in [1.165, 1.54) is 36.1 Å². The molecule has 0 saturated heterocycles. The summed E-state index contributed by atoms with van der Waals surface area (Å²) in [6.45, 7) is 7.33. The standard InChI is InChI=1S/C16H21N3S.C5H10.CH4S/c1-20-19-13-4-5-14-16(11(13)7-17)15-10-3-2-9(6-10)12(15)8-18-14;1-4-5(2)3;1-2/h4-5,7,9-10,12,15,17-19H,2-3,6,8H2,1H3;4H,1-3H3;2H,1H3. The minimum atomic E-state index is 0.685. The van der Waals surface area contributed by atoms with Crippen LogP contribution in [-0.2, 0) is 0 Å². The second kappa shape index (κ2) is 10.5. The van der Waals surface area contributed by atoms with Gasteiger partial charge in [0.15, 0.2) is 0 Å². The van der Waals surface area contributed by atoms with Crippen LogP contribution >= 0.6 is 24.6 Å². The van der Waals surface area contributed by atoms with Crippen LogP contribution in [0.25, 0.3) is 0 Å². The lowest BCUT2D eigenvalue weighted by molar-refractivity contribution is 0.294. The largest absolute Gasteiger partial charge is 0.384 e. The highest BCUT2D eigenvalue weighted by molar-refractivity contribution is 7.99. The summed E-state index contributed by atoms with van der Waals surface area (Å²) >= 11 is 5.13. The fourth-order valence-electron chi connectivity index (χ4n) is 4.89. The third-order valence-corrected chi connectivity index (χ3v) is 6.59. The molecule has 3 N–H and O–H groups in total. The molecule has 3 nitrogen and oxygen atoms in total. The van der Waals surface area contributed by atoms with Crippen LogP contribution in [0.15, 0.2) is 23.8 Å². The predicted octanol–water partition coefficient (Wildman–Crippen LogP) is 6.45. The van der Waals surface area contributed by atoms with Gasteiger partial charge >= 0.3 is 0 Å². The zero-order chi connectivity index (χ0) is 20.0. The molecule has 4 atom stereocenters.